The Morgan fingerprint density at radius 3 is 3.19 bits per heavy atom. The maximum atomic E-state index is 4.20. The Morgan fingerprint density at radius 2 is 2.44 bits per heavy atom. The fourth-order valence-corrected chi connectivity index (χ4v) is 2.31. The first-order valence-electron chi connectivity index (χ1n) is 6.12. The van der Waals surface area contributed by atoms with E-state index in [1.807, 2.05) is 18.5 Å². The van der Waals surface area contributed by atoms with Crippen molar-refractivity contribution in [2.24, 2.45) is 5.92 Å². The van der Waals surface area contributed by atoms with Crippen LogP contribution in [0.15, 0.2) is 24.5 Å². The van der Waals surface area contributed by atoms with Crippen LogP contribution in [0, 0.1) is 5.92 Å². The summed E-state index contributed by atoms with van der Waals surface area (Å²) in [6, 6.07) is 4.66. The maximum Gasteiger partial charge on any atom is 0.0335 e. The van der Waals surface area contributed by atoms with Gasteiger partial charge in [-0.05, 0) is 31.0 Å². The molecule has 0 saturated carbocycles. The largest absolute Gasteiger partial charge is 0.315 e. The van der Waals surface area contributed by atoms with Crippen LogP contribution in [0.2, 0.25) is 0 Å². The molecule has 2 atom stereocenters. The van der Waals surface area contributed by atoms with Crippen molar-refractivity contribution in [3.05, 3.63) is 30.1 Å². The highest BCUT2D eigenvalue weighted by Gasteiger charge is 2.20. The summed E-state index contributed by atoms with van der Waals surface area (Å²) >= 11 is 0. The Hall–Kier alpha value is -0.930. The lowest BCUT2D eigenvalue weighted by molar-refractivity contribution is 0.204. The summed E-state index contributed by atoms with van der Waals surface area (Å²) in [6.45, 7) is 9.10. The Kier molecular flexibility index (Phi) is 3.91. The molecule has 88 valence electrons. The van der Waals surface area contributed by atoms with Crippen molar-refractivity contribution in [2.45, 2.75) is 19.9 Å². The molecule has 3 nitrogen and oxygen atoms in total. The quantitative estimate of drug-likeness (QED) is 0.820. The molecule has 1 aliphatic heterocycles. The van der Waals surface area contributed by atoms with Crippen molar-refractivity contribution < 1.29 is 0 Å². The highest BCUT2D eigenvalue weighted by Crippen LogP contribution is 2.20. The van der Waals surface area contributed by atoms with Gasteiger partial charge in [-0.3, -0.25) is 9.88 Å². The number of aromatic nitrogens is 1. The van der Waals surface area contributed by atoms with Gasteiger partial charge in [-0.1, -0.05) is 13.0 Å². The van der Waals surface area contributed by atoms with Gasteiger partial charge in [0.25, 0.3) is 0 Å². The van der Waals surface area contributed by atoms with Crippen molar-refractivity contribution >= 4 is 0 Å². The Bertz CT molecular complexity index is 312. The zero-order chi connectivity index (χ0) is 11.4. The number of nitrogens with one attached hydrogen (secondary N) is 1. The van der Waals surface area contributed by atoms with Gasteiger partial charge in [0.2, 0.25) is 0 Å². The summed E-state index contributed by atoms with van der Waals surface area (Å²) in [6.07, 6.45) is 3.82. The topological polar surface area (TPSA) is 28.2 Å². The number of hydrogen-bond acceptors (Lipinski definition) is 3. The molecule has 0 spiro atoms. The van der Waals surface area contributed by atoms with Crippen LogP contribution in [0.5, 0.6) is 0 Å². The van der Waals surface area contributed by atoms with E-state index in [-0.39, 0.29) is 0 Å². The average molecular weight is 219 g/mol. The minimum Gasteiger partial charge on any atom is -0.315 e. The second-order valence-corrected chi connectivity index (χ2v) is 4.77. The third kappa shape index (κ3) is 2.80. The van der Waals surface area contributed by atoms with Crippen molar-refractivity contribution in [3.8, 4) is 0 Å². The predicted molar refractivity (Wildman–Crippen MR) is 66.3 cm³/mol. The minimum atomic E-state index is 0.469. The van der Waals surface area contributed by atoms with Gasteiger partial charge in [-0.2, -0.15) is 0 Å². The summed E-state index contributed by atoms with van der Waals surface area (Å²) < 4.78 is 0. The molecule has 2 rings (SSSR count). The van der Waals surface area contributed by atoms with Crippen LogP contribution in [-0.4, -0.2) is 36.1 Å². The molecule has 0 amide bonds. The molecule has 3 heteroatoms. The zero-order valence-electron chi connectivity index (χ0n) is 10.2. The summed E-state index contributed by atoms with van der Waals surface area (Å²) in [7, 11) is 0. The number of rotatable bonds is 2. The van der Waals surface area contributed by atoms with Gasteiger partial charge in [-0.25, -0.2) is 0 Å². The van der Waals surface area contributed by atoms with Crippen LogP contribution >= 0.6 is 0 Å². The lowest BCUT2D eigenvalue weighted by atomic mass is 10.1. The third-order valence-corrected chi connectivity index (χ3v) is 3.33. The summed E-state index contributed by atoms with van der Waals surface area (Å²) in [5, 5.41) is 3.48. The van der Waals surface area contributed by atoms with Gasteiger partial charge in [0.15, 0.2) is 0 Å². The van der Waals surface area contributed by atoms with Crippen molar-refractivity contribution in [3.63, 3.8) is 0 Å². The van der Waals surface area contributed by atoms with E-state index in [1.165, 1.54) is 12.1 Å². The number of nitrogens with zero attached hydrogens (tertiary/aromatic N) is 2. The van der Waals surface area contributed by atoms with Crippen molar-refractivity contribution in [1.29, 1.82) is 0 Å². The fourth-order valence-electron chi connectivity index (χ4n) is 2.31. The number of hydrogen-bond donors (Lipinski definition) is 1. The molecule has 1 fully saturated rings. The molecule has 1 N–H and O–H groups in total. The van der Waals surface area contributed by atoms with Crippen LogP contribution in [-0.2, 0) is 0 Å². The van der Waals surface area contributed by atoms with Gasteiger partial charge in [0.1, 0.15) is 0 Å². The molecule has 0 aromatic carbocycles. The minimum absolute atomic E-state index is 0.469. The van der Waals surface area contributed by atoms with Gasteiger partial charge >= 0.3 is 0 Å². The molecular formula is C13H21N3. The van der Waals surface area contributed by atoms with Gasteiger partial charge in [0, 0.05) is 38.1 Å². The summed E-state index contributed by atoms with van der Waals surface area (Å²) in [4.78, 5) is 6.74. The smallest absolute Gasteiger partial charge is 0.0335 e. The van der Waals surface area contributed by atoms with E-state index < -0.39 is 0 Å². The third-order valence-electron chi connectivity index (χ3n) is 3.33. The van der Waals surface area contributed by atoms with Crippen LogP contribution in [0.3, 0.4) is 0 Å². The monoisotopic (exact) mass is 219 g/mol. The van der Waals surface area contributed by atoms with Crippen molar-refractivity contribution in [2.75, 3.05) is 26.2 Å². The standard InChI is InChI=1S/C13H21N3/c1-11-8-15-6-7-16(10-11)12(2)13-4-3-5-14-9-13/h3-5,9,11-12,15H,6-8,10H2,1-2H3. The molecule has 2 unspecified atom stereocenters. The van der Waals surface area contributed by atoms with E-state index in [1.54, 1.807) is 0 Å². The Morgan fingerprint density at radius 1 is 1.56 bits per heavy atom. The first-order valence-corrected chi connectivity index (χ1v) is 6.12. The van der Waals surface area contributed by atoms with Crippen LogP contribution in [0.25, 0.3) is 0 Å². The van der Waals surface area contributed by atoms with E-state index >= 15 is 0 Å². The normalized spacial score (nSPS) is 25.0. The molecule has 1 aromatic heterocycles. The second-order valence-electron chi connectivity index (χ2n) is 4.77. The molecule has 1 saturated heterocycles. The van der Waals surface area contributed by atoms with E-state index in [0.29, 0.717) is 6.04 Å². The molecule has 16 heavy (non-hydrogen) atoms. The van der Waals surface area contributed by atoms with Crippen molar-refractivity contribution in [1.82, 2.24) is 15.2 Å². The Labute approximate surface area is 97.9 Å². The van der Waals surface area contributed by atoms with E-state index in [9.17, 15) is 0 Å². The van der Waals surface area contributed by atoms with Crippen LogP contribution in [0.1, 0.15) is 25.5 Å². The second kappa shape index (κ2) is 5.41. The highest BCUT2D eigenvalue weighted by molar-refractivity contribution is 5.13. The first-order chi connectivity index (χ1) is 7.77. The highest BCUT2D eigenvalue weighted by atomic mass is 15.2. The molecule has 1 aromatic rings. The van der Waals surface area contributed by atoms with Crippen LogP contribution < -0.4 is 5.32 Å². The molecule has 2 heterocycles. The SMILES string of the molecule is CC1CNCCN(C(C)c2cccnc2)C1. The van der Waals surface area contributed by atoms with Crippen LogP contribution in [0.4, 0.5) is 0 Å². The first kappa shape index (κ1) is 11.6. The zero-order valence-corrected chi connectivity index (χ0v) is 10.2. The summed E-state index contributed by atoms with van der Waals surface area (Å²) in [5.41, 5.74) is 1.32. The fraction of sp³-hybridized carbons (Fsp3) is 0.615. The lowest BCUT2D eigenvalue weighted by Gasteiger charge is -2.29. The molecule has 1 aliphatic rings. The molecule has 0 aliphatic carbocycles. The van der Waals surface area contributed by atoms with Gasteiger partial charge < -0.3 is 5.32 Å². The molecule has 0 radical (unpaired) electrons. The van der Waals surface area contributed by atoms with E-state index in [4.69, 9.17) is 0 Å². The van der Waals surface area contributed by atoms with Gasteiger partial charge in [0.05, 0.1) is 0 Å². The van der Waals surface area contributed by atoms with E-state index in [0.717, 1.165) is 25.6 Å². The average Bonchev–Trinajstić information content (AvgIpc) is 2.54. The predicted octanol–water partition coefficient (Wildman–Crippen LogP) is 1.68. The Balaban J connectivity index is 2.05. The molecule has 0 bridgehead atoms. The number of pyridine rings is 1. The van der Waals surface area contributed by atoms with Gasteiger partial charge in [-0.15, -0.1) is 0 Å². The summed E-state index contributed by atoms with van der Waals surface area (Å²) in [5.74, 6) is 0.724. The van der Waals surface area contributed by atoms with E-state index in [2.05, 4.69) is 35.1 Å². The molecular weight excluding hydrogens is 198 g/mol. The maximum absolute atomic E-state index is 4.20. The lowest BCUT2D eigenvalue weighted by Crippen LogP contribution is -2.32.